The number of hydrogen-bond acceptors (Lipinski definition) is 4. The number of carboxylic acids is 2. The maximum atomic E-state index is 12.9. The van der Waals surface area contributed by atoms with Crippen LogP contribution in [0.5, 0.6) is 0 Å². The summed E-state index contributed by atoms with van der Waals surface area (Å²) in [5.41, 5.74) is -0.167. The zero-order valence-corrected chi connectivity index (χ0v) is 19.0. The molecule has 0 unspecified atom stereocenters. The molecule has 4 aromatic rings. The molecule has 0 spiro atoms. The SMILES string of the molecule is O=C(O)c1ccccc1C(=O)/C=c1\[nH]/c(=C\C(=O)c2ccccc2C(=O)O)c2cc(Br)ccc12. The van der Waals surface area contributed by atoms with Crippen LogP contribution in [0, 0.1) is 0 Å². The standard InChI is InChI=1S/C26H16BrNO6/c27-14-9-10-15-20(11-14)22(13-24(30)17-6-2-4-8-19(17)26(33)34)28-21(15)12-23(29)16-5-1-3-7-18(16)25(31)32/h1-13,28H,(H,31,32)(H,33,34)/b21-12-,22-13-. The highest BCUT2D eigenvalue weighted by Crippen LogP contribution is 2.16. The molecule has 0 saturated carbocycles. The van der Waals surface area contributed by atoms with E-state index in [1.54, 1.807) is 30.3 Å². The summed E-state index contributed by atoms with van der Waals surface area (Å²) in [6, 6.07) is 17.1. The first-order valence-electron chi connectivity index (χ1n) is 10.0. The van der Waals surface area contributed by atoms with E-state index in [9.17, 15) is 29.4 Å². The Labute approximate surface area is 200 Å². The predicted octanol–water partition coefficient (Wildman–Crippen LogP) is 3.65. The van der Waals surface area contributed by atoms with Gasteiger partial charge in [0, 0.05) is 38.5 Å². The number of carbonyl (C=O) groups is 4. The van der Waals surface area contributed by atoms with Gasteiger partial charge in [-0.3, -0.25) is 9.59 Å². The Bertz CT molecular complexity index is 1620. The Balaban J connectivity index is 1.90. The van der Waals surface area contributed by atoms with Crippen molar-refractivity contribution in [1.82, 2.24) is 4.98 Å². The van der Waals surface area contributed by atoms with Crippen LogP contribution in [0.25, 0.3) is 22.9 Å². The minimum atomic E-state index is -1.21. The molecule has 7 nitrogen and oxygen atoms in total. The second-order valence-electron chi connectivity index (χ2n) is 7.36. The second-order valence-corrected chi connectivity index (χ2v) is 8.28. The number of fused-ring (bicyclic) bond motifs is 1. The summed E-state index contributed by atoms with van der Waals surface area (Å²) in [5, 5.41) is 20.8. The van der Waals surface area contributed by atoms with Gasteiger partial charge in [-0.05, 0) is 24.3 Å². The molecule has 0 aliphatic carbocycles. The highest BCUT2D eigenvalue weighted by molar-refractivity contribution is 9.10. The van der Waals surface area contributed by atoms with Gasteiger partial charge in [-0.2, -0.15) is 0 Å². The maximum absolute atomic E-state index is 12.9. The molecule has 1 aromatic heterocycles. The number of carbonyl (C=O) groups excluding carboxylic acids is 2. The monoisotopic (exact) mass is 517 g/mol. The Morgan fingerprint density at radius 2 is 1.09 bits per heavy atom. The van der Waals surface area contributed by atoms with Crippen LogP contribution >= 0.6 is 15.9 Å². The topological polar surface area (TPSA) is 125 Å². The molecule has 4 rings (SSSR count). The quantitative estimate of drug-likeness (QED) is 0.335. The smallest absolute Gasteiger partial charge is 0.336 e. The van der Waals surface area contributed by atoms with Crippen LogP contribution in [0.2, 0.25) is 0 Å². The lowest BCUT2D eigenvalue weighted by molar-refractivity contribution is 0.0684. The molecular weight excluding hydrogens is 502 g/mol. The number of ketones is 2. The molecule has 34 heavy (non-hydrogen) atoms. The minimum Gasteiger partial charge on any atom is -0.478 e. The molecule has 0 fully saturated rings. The summed E-state index contributed by atoms with van der Waals surface area (Å²) in [4.78, 5) is 51.9. The Kier molecular flexibility index (Phi) is 6.25. The van der Waals surface area contributed by atoms with Crippen LogP contribution in [0.3, 0.4) is 0 Å². The lowest BCUT2D eigenvalue weighted by Crippen LogP contribution is -2.16. The number of rotatable bonds is 6. The van der Waals surface area contributed by atoms with Gasteiger partial charge in [0.25, 0.3) is 0 Å². The maximum Gasteiger partial charge on any atom is 0.336 e. The lowest BCUT2D eigenvalue weighted by atomic mass is 10.0. The number of hydrogen-bond donors (Lipinski definition) is 3. The van der Waals surface area contributed by atoms with E-state index in [1.165, 1.54) is 48.6 Å². The number of aromatic amines is 1. The first kappa shape index (κ1) is 22.9. The van der Waals surface area contributed by atoms with Crippen molar-refractivity contribution >= 4 is 62.4 Å². The second kappa shape index (κ2) is 9.29. The van der Waals surface area contributed by atoms with Crippen molar-refractivity contribution in [3.05, 3.63) is 104 Å². The van der Waals surface area contributed by atoms with Gasteiger partial charge in [-0.15, -0.1) is 0 Å². The lowest BCUT2D eigenvalue weighted by Gasteiger charge is -2.01. The van der Waals surface area contributed by atoms with Crippen LogP contribution < -0.4 is 10.7 Å². The van der Waals surface area contributed by atoms with E-state index in [0.717, 1.165) is 4.47 Å². The van der Waals surface area contributed by atoms with Crippen LogP contribution in [-0.2, 0) is 0 Å². The number of H-pyrrole nitrogens is 1. The van der Waals surface area contributed by atoms with E-state index in [0.29, 0.717) is 21.5 Å². The minimum absolute atomic E-state index is 0.0322. The van der Waals surface area contributed by atoms with Gasteiger partial charge in [-0.1, -0.05) is 58.4 Å². The average Bonchev–Trinajstić information content (AvgIpc) is 3.14. The van der Waals surface area contributed by atoms with Crippen molar-refractivity contribution < 1.29 is 29.4 Å². The van der Waals surface area contributed by atoms with Crippen LogP contribution in [0.1, 0.15) is 41.4 Å². The molecule has 0 saturated heterocycles. The van der Waals surface area contributed by atoms with Crippen molar-refractivity contribution in [2.75, 3.05) is 0 Å². The van der Waals surface area contributed by atoms with Crippen molar-refractivity contribution in [2.45, 2.75) is 0 Å². The van der Waals surface area contributed by atoms with Crippen LogP contribution in [-0.4, -0.2) is 38.7 Å². The molecule has 1 heterocycles. The van der Waals surface area contributed by atoms with Crippen molar-refractivity contribution in [3.8, 4) is 0 Å². The third-order valence-corrected chi connectivity index (χ3v) is 5.72. The summed E-state index contributed by atoms with van der Waals surface area (Å²) in [5.74, 6) is -3.46. The number of aromatic nitrogens is 1. The molecular formula is C26H16BrNO6. The highest BCUT2D eigenvalue weighted by atomic mass is 79.9. The third kappa shape index (κ3) is 4.44. The number of nitrogens with one attached hydrogen (secondary N) is 1. The highest BCUT2D eigenvalue weighted by Gasteiger charge is 2.16. The van der Waals surface area contributed by atoms with Gasteiger partial charge in [0.2, 0.25) is 0 Å². The molecule has 0 atom stereocenters. The van der Waals surface area contributed by atoms with E-state index in [1.807, 2.05) is 0 Å². The fourth-order valence-corrected chi connectivity index (χ4v) is 4.03. The van der Waals surface area contributed by atoms with Crippen LogP contribution in [0.4, 0.5) is 0 Å². The molecule has 168 valence electrons. The van der Waals surface area contributed by atoms with Crippen molar-refractivity contribution in [1.29, 1.82) is 0 Å². The number of halogens is 1. The Morgan fingerprint density at radius 3 is 1.56 bits per heavy atom. The number of aromatic carboxylic acids is 2. The summed E-state index contributed by atoms with van der Waals surface area (Å²) >= 11 is 3.40. The number of Topliss-reactive ketones (excluding diaryl/α,β-unsaturated/α-hetero) is 2. The van der Waals surface area contributed by atoms with E-state index in [2.05, 4.69) is 20.9 Å². The van der Waals surface area contributed by atoms with Gasteiger partial charge in [0.1, 0.15) is 0 Å². The summed E-state index contributed by atoms with van der Waals surface area (Å²) < 4.78 is 0.737. The zero-order valence-electron chi connectivity index (χ0n) is 17.4. The average molecular weight is 518 g/mol. The van der Waals surface area contributed by atoms with E-state index >= 15 is 0 Å². The largest absolute Gasteiger partial charge is 0.478 e. The fourth-order valence-electron chi connectivity index (χ4n) is 3.67. The van der Waals surface area contributed by atoms with E-state index < -0.39 is 23.5 Å². The van der Waals surface area contributed by atoms with Gasteiger partial charge < -0.3 is 15.2 Å². The Hall–Kier alpha value is -4.30. The van der Waals surface area contributed by atoms with Gasteiger partial charge >= 0.3 is 11.9 Å². The Morgan fingerprint density at radius 1 is 0.647 bits per heavy atom. The predicted molar refractivity (Wildman–Crippen MR) is 130 cm³/mol. The van der Waals surface area contributed by atoms with Crippen molar-refractivity contribution in [2.24, 2.45) is 0 Å². The summed E-state index contributed by atoms with van der Waals surface area (Å²) in [6.45, 7) is 0. The third-order valence-electron chi connectivity index (χ3n) is 5.23. The number of benzene rings is 3. The molecule has 0 amide bonds. The molecule has 0 aliphatic rings. The number of carboxylic acid groups (broad SMARTS) is 2. The summed E-state index contributed by atoms with van der Waals surface area (Å²) in [6.07, 6.45) is 2.56. The molecule has 0 aliphatic heterocycles. The van der Waals surface area contributed by atoms with Gasteiger partial charge in [0.15, 0.2) is 11.6 Å². The molecule has 0 bridgehead atoms. The van der Waals surface area contributed by atoms with E-state index in [4.69, 9.17) is 0 Å². The van der Waals surface area contributed by atoms with Gasteiger partial charge in [-0.25, -0.2) is 9.59 Å². The van der Waals surface area contributed by atoms with Crippen molar-refractivity contribution in [3.63, 3.8) is 0 Å². The van der Waals surface area contributed by atoms with Crippen LogP contribution in [0.15, 0.2) is 71.2 Å². The molecule has 3 N–H and O–H groups in total. The summed E-state index contributed by atoms with van der Waals surface area (Å²) in [7, 11) is 0. The first-order valence-corrected chi connectivity index (χ1v) is 10.8. The molecule has 8 heteroatoms. The van der Waals surface area contributed by atoms with E-state index in [-0.39, 0.29) is 22.3 Å². The molecule has 3 aromatic carbocycles. The normalized spacial score (nSPS) is 12.1. The van der Waals surface area contributed by atoms with Gasteiger partial charge in [0.05, 0.1) is 21.8 Å². The first-order chi connectivity index (χ1) is 16.3. The zero-order chi connectivity index (χ0) is 24.4. The molecule has 0 radical (unpaired) electrons. The fraction of sp³-hybridized carbons (Fsp3) is 0.